The Morgan fingerprint density at radius 2 is 2.10 bits per heavy atom. The summed E-state index contributed by atoms with van der Waals surface area (Å²) >= 11 is 0. The number of carbonyl (C=O) groups excluding carboxylic acids is 1. The summed E-state index contributed by atoms with van der Waals surface area (Å²) in [5, 5.41) is 14.1. The van der Waals surface area contributed by atoms with E-state index in [1.165, 1.54) is 12.5 Å². The molecule has 0 saturated heterocycles. The summed E-state index contributed by atoms with van der Waals surface area (Å²) < 4.78 is 1.60. The molecule has 9 nitrogen and oxygen atoms in total. The summed E-state index contributed by atoms with van der Waals surface area (Å²) in [6, 6.07) is -0.278. The highest BCUT2D eigenvalue weighted by Gasteiger charge is 2.06. The lowest BCUT2D eigenvalue weighted by molar-refractivity contribution is 0.0691. The van der Waals surface area contributed by atoms with Gasteiger partial charge in [-0.15, -0.1) is 0 Å². The second kappa shape index (κ2) is 7.08. The first-order valence-corrected chi connectivity index (χ1v) is 6.40. The third-order valence-corrected chi connectivity index (χ3v) is 2.71. The molecule has 0 unspecified atom stereocenters. The highest BCUT2D eigenvalue weighted by molar-refractivity contribution is 5.84. The quantitative estimate of drug-likeness (QED) is 0.564. The largest absolute Gasteiger partial charge is 0.476 e. The third-order valence-electron chi connectivity index (χ3n) is 2.71. The summed E-state index contributed by atoms with van der Waals surface area (Å²) in [5.41, 5.74) is -0.0158. The molecule has 0 aliphatic heterocycles. The van der Waals surface area contributed by atoms with E-state index >= 15 is 0 Å². The number of aromatic amines is 1. The Labute approximate surface area is 120 Å². The Balaban J connectivity index is 1.61. The van der Waals surface area contributed by atoms with Gasteiger partial charge in [0.15, 0.2) is 5.69 Å². The standard InChI is InChI=1S/C12H16N6O3/c19-11(20)9-7-18(8-17-9)6-5-16-12(21)15-2-1-10-13-3-4-14-10/h3-4,7-8H,1-2,5-6H2,(H,13,14)(H,19,20)(H2,15,16,21). The minimum atomic E-state index is -1.07. The minimum Gasteiger partial charge on any atom is -0.476 e. The Kier molecular flexibility index (Phi) is 4.91. The molecule has 0 aliphatic carbocycles. The van der Waals surface area contributed by atoms with E-state index in [-0.39, 0.29) is 11.7 Å². The molecule has 4 N–H and O–H groups in total. The average Bonchev–Trinajstić information content (AvgIpc) is 3.09. The minimum absolute atomic E-state index is 0.0158. The number of urea groups is 1. The van der Waals surface area contributed by atoms with Crippen molar-refractivity contribution in [2.24, 2.45) is 0 Å². The van der Waals surface area contributed by atoms with E-state index in [0.29, 0.717) is 26.1 Å². The van der Waals surface area contributed by atoms with Crippen LogP contribution in [-0.2, 0) is 13.0 Å². The van der Waals surface area contributed by atoms with Crippen molar-refractivity contribution < 1.29 is 14.7 Å². The first-order chi connectivity index (χ1) is 10.1. The van der Waals surface area contributed by atoms with Crippen LogP contribution < -0.4 is 10.6 Å². The van der Waals surface area contributed by atoms with Gasteiger partial charge in [-0.3, -0.25) is 0 Å². The van der Waals surface area contributed by atoms with Crippen molar-refractivity contribution in [1.29, 1.82) is 0 Å². The predicted octanol–water partition coefficient (Wildman–Crippen LogP) is -0.154. The highest BCUT2D eigenvalue weighted by Crippen LogP contribution is 1.95. The molecule has 0 saturated carbocycles. The molecule has 0 atom stereocenters. The molecule has 2 aromatic rings. The monoisotopic (exact) mass is 292 g/mol. The number of carbonyl (C=O) groups is 2. The molecule has 0 aliphatic rings. The lowest BCUT2D eigenvalue weighted by Crippen LogP contribution is -2.38. The molecule has 2 rings (SSSR count). The number of hydrogen-bond donors (Lipinski definition) is 4. The van der Waals surface area contributed by atoms with Gasteiger partial charge >= 0.3 is 12.0 Å². The first kappa shape index (κ1) is 14.6. The van der Waals surface area contributed by atoms with Crippen molar-refractivity contribution in [2.45, 2.75) is 13.0 Å². The van der Waals surface area contributed by atoms with Gasteiger partial charge in [0, 0.05) is 44.6 Å². The summed E-state index contributed by atoms with van der Waals surface area (Å²) in [6.07, 6.45) is 6.85. The van der Waals surface area contributed by atoms with Gasteiger partial charge in [0.25, 0.3) is 0 Å². The maximum Gasteiger partial charge on any atom is 0.356 e. The van der Waals surface area contributed by atoms with Crippen molar-refractivity contribution in [3.05, 3.63) is 36.4 Å². The van der Waals surface area contributed by atoms with Crippen LogP contribution in [0.2, 0.25) is 0 Å². The van der Waals surface area contributed by atoms with E-state index in [0.717, 1.165) is 5.82 Å². The Morgan fingerprint density at radius 3 is 2.76 bits per heavy atom. The van der Waals surface area contributed by atoms with Crippen molar-refractivity contribution in [3.8, 4) is 0 Å². The van der Waals surface area contributed by atoms with Gasteiger partial charge in [0.05, 0.1) is 6.33 Å². The topological polar surface area (TPSA) is 125 Å². The van der Waals surface area contributed by atoms with Gasteiger partial charge in [-0.25, -0.2) is 19.6 Å². The van der Waals surface area contributed by atoms with E-state index in [9.17, 15) is 9.59 Å². The van der Waals surface area contributed by atoms with Gasteiger partial charge in [-0.2, -0.15) is 0 Å². The maximum atomic E-state index is 11.5. The van der Waals surface area contributed by atoms with Gasteiger partial charge in [-0.05, 0) is 0 Å². The number of nitrogens with zero attached hydrogens (tertiary/aromatic N) is 3. The molecule has 9 heteroatoms. The predicted molar refractivity (Wildman–Crippen MR) is 72.9 cm³/mol. The Bertz CT molecular complexity index is 592. The Morgan fingerprint density at radius 1 is 1.29 bits per heavy atom. The average molecular weight is 292 g/mol. The van der Waals surface area contributed by atoms with Crippen LogP contribution >= 0.6 is 0 Å². The maximum absolute atomic E-state index is 11.5. The fourth-order valence-electron chi connectivity index (χ4n) is 1.68. The SMILES string of the molecule is O=C(NCCc1ncc[nH]1)NCCn1cnc(C(=O)O)c1. The zero-order valence-electron chi connectivity index (χ0n) is 11.2. The summed E-state index contributed by atoms with van der Waals surface area (Å²) in [4.78, 5) is 32.9. The van der Waals surface area contributed by atoms with E-state index in [2.05, 4.69) is 25.6 Å². The molecule has 0 bridgehead atoms. The van der Waals surface area contributed by atoms with Crippen LogP contribution in [0.4, 0.5) is 4.79 Å². The van der Waals surface area contributed by atoms with Crippen molar-refractivity contribution in [2.75, 3.05) is 13.1 Å². The Hall–Kier alpha value is -2.84. The molecule has 112 valence electrons. The number of amides is 2. The fraction of sp³-hybridized carbons (Fsp3) is 0.333. The lowest BCUT2D eigenvalue weighted by atomic mass is 10.4. The first-order valence-electron chi connectivity index (χ1n) is 6.40. The van der Waals surface area contributed by atoms with Crippen LogP contribution in [0, 0.1) is 0 Å². The number of nitrogens with one attached hydrogen (secondary N) is 3. The molecule has 0 fully saturated rings. The van der Waals surface area contributed by atoms with E-state index in [4.69, 9.17) is 5.11 Å². The van der Waals surface area contributed by atoms with E-state index in [1.807, 2.05) is 0 Å². The second-order valence-electron chi connectivity index (χ2n) is 4.27. The molecule has 2 aromatic heterocycles. The van der Waals surface area contributed by atoms with Crippen molar-refractivity contribution in [1.82, 2.24) is 30.2 Å². The van der Waals surface area contributed by atoms with Crippen LogP contribution in [0.1, 0.15) is 16.3 Å². The molecule has 2 heterocycles. The molecular weight excluding hydrogens is 276 g/mol. The van der Waals surface area contributed by atoms with Gasteiger partial charge in [0.1, 0.15) is 5.82 Å². The number of aromatic carboxylic acids is 1. The third kappa shape index (κ3) is 4.64. The zero-order valence-corrected chi connectivity index (χ0v) is 11.2. The van der Waals surface area contributed by atoms with Gasteiger partial charge in [-0.1, -0.05) is 0 Å². The summed E-state index contributed by atoms with van der Waals surface area (Å²) in [6.45, 7) is 1.31. The van der Waals surface area contributed by atoms with Crippen LogP contribution in [0.25, 0.3) is 0 Å². The van der Waals surface area contributed by atoms with Gasteiger partial charge in [0.2, 0.25) is 0 Å². The smallest absolute Gasteiger partial charge is 0.356 e. The highest BCUT2D eigenvalue weighted by atomic mass is 16.4. The molecule has 0 spiro atoms. The van der Waals surface area contributed by atoms with Crippen LogP contribution in [0.5, 0.6) is 0 Å². The van der Waals surface area contributed by atoms with Crippen LogP contribution in [0.15, 0.2) is 24.9 Å². The molecule has 2 amide bonds. The number of hydrogen-bond acceptors (Lipinski definition) is 4. The van der Waals surface area contributed by atoms with Gasteiger partial charge < -0.3 is 25.3 Å². The molecule has 0 aromatic carbocycles. The second-order valence-corrected chi connectivity index (χ2v) is 4.27. The van der Waals surface area contributed by atoms with Crippen molar-refractivity contribution >= 4 is 12.0 Å². The normalized spacial score (nSPS) is 10.3. The zero-order chi connectivity index (χ0) is 15.1. The fourth-order valence-corrected chi connectivity index (χ4v) is 1.68. The molecular formula is C12H16N6O3. The number of carboxylic acids is 1. The van der Waals surface area contributed by atoms with Crippen LogP contribution in [0.3, 0.4) is 0 Å². The van der Waals surface area contributed by atoms with Crippen LogP contribution in [-0.4, -0.2) is 49.7 Å². The number of aromatic nitrogens is 4. The lowest BCUT2D eigenvalue weighted by Gasteiger charge is -2.07. The van der Waals surface area contributed by atoms with Crippen molar-refractivity contribution in [3.63, 3.8) is 0 Å². The molecule has 0 radical (unpaired) electrons. The number of imidazole rings is 2. The molecule has 21 heavy (non-hydrogen) atoms. The number of carboxylic acid groups (broad SMARTS) is 1. The summed E-state index contributed by atoms with van der Waals surface area (Å²) in [7, 11) is 0. The van der Waals surface area contributed by atoms with E-state index < -0.39 is 5.97 Å². The summed E-state index contributed by atoms with van der Waals surface area (Å²) in [5.74, 6) is -0.257. The van der Waals surface area contributed by atoms with E-state index in [1.54, 1.807) is 17.0 Å². The number of H-pyrrole nitrogens is 1. The number of rotatable bonds is 7.